The van der Waals surface area contributed by atoms with E-state index in [0.717, 1.165) is 27.4 Å². The Kier molecular flexibility index (Phi) is 4.56. The van der Waals surface area contributed by atoms with Crippen LogP contribution in [0, 0.1) is 5.92 Å². The first-order valence-corrected chi connectivity index (χ1v) is 10.5. The zero-order valence-corrected chi connectivity index (χ0v) is 16.8. The summed E-state index contributed by atoms with van der Waals surface area (Å²) in [7, 11) is 0. The van der Waals surface area contributed by atoms with Crippen LogP contribution in [0.25, 0.3) is 21.9 Å². The molecule has 3 nitrogen and oxygen atoms in total. The summed E-state index contributed by atoms with van der Waals surface area (Å²) in [5.74, 6) is 2.81. The minimum Gasteiger partial charge on any atom is -0.342 e. The zero-order valence-electron chi connectivity index (χ0n) is 16.0. The maximum Gasteiger partial charge on any atom is 0.110 e. The second kappa shape index (κ2) is 7.21. The van der Waals surface area contributed by atoms with Crippen molar-refractivity contribution in [2.45, 2.75) is 44.4 Å². The number of benzene rings is 2. The van der Waals surface area contributed by atoms with E-state index < -0.39 is 0 Å². The van der Waals surface area contributed by atoms with Crippen LogP contribution >= 0.6 is 11.6 Å². The van der Waals surface area contributed by atoms with Gasteiger partial charge in [0.15, 0.2) is 0 Å². The number of aromatic amines is 1. The monoisotopic (exact) mass is 389 g/mol. The molecule has 0 radical (unpaired) electrons. The number of hydrogen-bond acceptors (Lipinski definition) is 2. The van der Waals surface area contributed by atoms with Crippen LogP contribution in [0.2, 0.25) is 5.02 Å². The number of H-pyrrole nitrogens is 1. The van der Waals surface area contributed by atoms with Gasteiger partial charge in [-0.3, -0.25) is 4.98 Å². The van der Waals surface area contributed by atoms with E-state index in [1.54, 1.807) is 0 Å². The fourth-order valence-corrected chi connectivity index (χ4v) is 4.88. The van der Waals surface area contributed by atoms with E-state index in [4.69, 9.17) is 16.6 Å². The van der Waals surface area contributed by atoms with E-state index in [0.29, 0.717) is 17.8 Å². The summed E-state index contributed by atoms with van der Waals surface area (Å²) in [6.45, 7) is 2.31. The molecule has 0 saturated heterocycles. The predicted molar refractivity (Wildman–Crippen MR) is 116 cm³/mol. The van der Waals surface area contributed by atoms with Gasteiger partial charge < -0.3 is 4.98 Å². The largest absolute Gasteiger partial charge is 0.342 e. The van der Waals surface area contributed by atoms with Crippen LogP contribution in [0.1, 0.15) is 55.8 Å². The number of aromatic nitrogens is 3. The first-order valence-electron chi connectivity index (χ1n) is 10.2. The minimum atomic E-state index is 0.432. The fourth-order valence-electron chi connectivity index (χ4n) is 4.70. The summed E-state index contributed by atoms with van der Waals surface area (Å²) in [5.41, 5.74) is 4.51. The molecule has 1 aliphatic rings. The molecule has 28 heavy (non-hydrogen) atoms. The lowest BCUT2D eigenvalue weighted by Gasteiger charge is -2.31. The van der Waals surface area contributed by atoms with E-state index in [2.05, 4.69) is 47.4 Å². The maximum absolute atomic E-state index is 6.11. The van der Waals surface area contributed by atoms with Crippen molar-refractivity contribution in [3.63, 3.8) is 0 Å². The van der Waals surface area contributed by atoms with Crippen molar-refractivity contribution in [3.05, 3.63) is 71.1 Å². The molecule has 1 fully saturated rings. The molecule has 2 aromatic heterocycles. The second-order valence-corrected chi connectivity index (χ2v) is 8.58. The molecule has 1 N–H and O–H groups in total. The maximum atomic E-state index is 6.11. The average molecular weight is 390 g/mol. The van der Waals surface area contributed by atoms with E-state index in [9.17, 15) is 0 Å². The molecule has 1 saturated carbocycles. The molecule has 0 spiro atoms. The van der Waals surface area contributed by atoms with Crippen LogP contribution in [0.4, 0.5) is 0 Å². The summed E-state index contributed by atoms with van der Waals surface area (Å²) < 4.78 is 0. The van der Waals surface area contributed by atoms with Gasteiger partial charge in [0.25, 0.3) is 0 Å². The molecule has 1 atom stereocenters. The van der Waals surface area contributed by atoms with Gasteiger partial charge in [0.05, 0.1) is 16.6 Å². The highest BCUT2D eigenvalue weighted by Gasteiger charge is 2.28. The summed E-state index contributed by atoms with van der Waals surface area (Å²) in [5, 5.41) is 2.00. The van der Waals surface area contributed by atoms with Crippen molar-refractivity contribution in [1.82, 2.24) is 15.0 Å². The minimum absolute atomic E-state index is 0.432. The Hall–Kier alpha value is -2.39. The molecule has 4 aromatic rings. The Morgan fingerprint density at radius 2 is 1.82 bits per heavy atom. The third-order valence-corrected chi connectivity index (χ3v) is 6.69. The SMILES string of the molecule is C[C@H](c1nc2ccc(Cl)cc2[nH]1)C1CCC(c2cnc3ccccc3c2)CC1. The van der Waals surface area contributed by atoms with Gasteiger partial charge in [0, 0.05) is 22.5 Å². The van der Waals surface area contributed by atoms with Crippen molar-refractivity contribution in [2.75, 3.05) is 0 Å². The second-order valence-electron chi connectivity index (χ2n) is 8.15. The van der Waals surface area contributed by atoms with Crippen LogP contribution in [0.15, 0.2) is 54.7 Å². The quantitative estimate of drug-likeness (QED) is 0.416. The molecule has 4 heteroatoms. The van der Waals surface area contributed by atoms with Gasteiger partial charge in [0.2, 0.25) is 0 Å². The number of nitrogens with zero attached hydrogens (tertiary/aromatic N) is 2. The molecule has 2 heterocycles. The standard InChI is InChI=1S/C24H24ClN3/c1-15(24-27-22-11-10-20(25)13-23(22)28-24)16-6-8-17(9-7-16)19-12-18-4-2-3-5-21(18)26-14-19/h2-5,10-17H,6-9H2,1H3,(H,27,28)/t15-,16?,17?/m0/s1. The molecule has 142 valence electrons. The Bertz CT molecular complexity index is 1130. The van der Waals surface area contributed by atoms with E-state index in [1.807, 2.05) is 24.3 Å². The fraction of sp³-hybridized carbons (Fsp3) is 0.333. The Morgan fingerprint density at radius 1 is 1.00 bits per heavy atom. The number of rotatable bonds is 3. The van der Waals surface area contributed by atoms with E-state index in [-0.39, 0.29) is 0 Å². The van der Waals surface area contributed by atoms with Crippen LogP contribution in [0.5, 0.6) is 0 Å². The van der Waals surface area contributed by atoms with E-state index in [1.165, 1.54) is 36.6 Å². The van der Waals surface area contributed by atoms with E-state index >= 15 is 0 Å². The first kappa shape index (κ1) is 17.7. The van der Waals surface area contributed by atoms with Crippen molar-refractivity contribution >= 4 is 33.5 Å². The predicted octanol–water partition coefficient (Wildman–Crippen LogP) is 6.84. The normalized spacial score (nSPS) is 21.2. The molecule has 0 bridgehead atoms. The number of halogens is 1. The topological polar surface area (TPSA) is 41.6 Å². The summed E-state index contributed by atoms with van der Waals surface area (Å²) >= 11 is 6.11. The molecule has 2 aromatic carbocycles. The van der Waals surface area contributed by atoms with Crippen LogP contribution in [-0.2, 0) is 0 Å². The third kappa shape index (κ3) is 3.29. The smallest absolute Gasteiger partial charge is 0.110 e. The molecule has 5 rings (SSSR count). The van der Waals surface area contributed by atoms with Crippen molar-refractivity contribution < 1.29 is 0 Å². The molecule has 0 amide bonds. The van der Waals surface area contributed by atoms with Gasteiger partial charge in [-0.05, 0) is 73.4 Å². The van der Waals surface area contributed by atoms with Gasteiger partial charge in [-0.2, -0.15) is 0 Å². The number of imidazole rings is 1. The molecule has 0 unspecified atom stereocenters. The van der Waals surface area contributed by atoms with Gasteiger partial charge >= 0.3 is 0 Å². The van der Waals surface area contributed by atoms with Crippen molar-refractivity contribution in [1.29, 1.82) is 0 Å². The van der Waals surface area contributed by atoms with Crippen LogP contribution in [0.3, 0.4) is 0 Å². The van der Waals surface area contributed by atoms with Gasteiger partial charge in [-0.15, -0.1) is 0 Å². The molecule has 0 aliphatic heterocycles. The number of para-hydroxylation sites is 1. The average Bonchev–Trinajstić information content (AvgIpc) is 3.16. The number of fused-ring (bicyclic) bond motifs is 2. The summed E-state index contributed by atoms with van der Waals surface area (Å²) in [4.78, 5) is 13.0. The van der Waals surface area contributed by atoms with Crippen LogP contribution in [-0.4, -0.2) is 15.0 Å². The molecule has 1 aliphatic carbocycles. The van der Waals surface area contributed by atoms with Crippen molar-refractivity contribution in [2.24, 2.45) is 5.92 Å². The Balaban J connectivity index is 1.30. The lowest BCUT2D eigenvalue weighted by Crippen LogP contribution is -2.19. The first-order chi connectivity index (χ1) is 13.7. The lowest BCUT2D eigenvalue weighted by molar-refractivity contribution is 0.286. The number of nitrogens with one attached hydrogen (secondary N) is 1. The summed E-state index contributed by atoms with van der Waals surface area (Å²) in [6.07, 6.45) is 6.99. The third-order valence-electron chi connectivity index (χ3n) is 6.46. The van der Waals surface area contributed by atoms with Crippen molar-refractivity contribution in [3.8, 4) is 0 Å². The van der Waals surface area contributed by atoms with Gasteiger partial charge in [-0.25, -0.2) is 4.98 Å². The highest BCUT2D eigenvalue weighted by Crippen LogP contribution is 2.41. The van der Waals surface area contributed by atoms with Crippen LogP contribution < -0.4 is 0 Å². The highest BCUT2D eigenvalue weighted by atomic mass is 35.5. The zero-order chi connectivity index (χ0) is 19.1. The molecular formula is C24H24ClN3. The van der Waals surface area contributed by atoms with Gasteiger partial charge in [0.1, 0.15) is 5.82 Å². The summed E-state index contributed by atoms with van der Waals surface area (Å²) in [6, 6.07) is 16.6. The number of pyridine rings is 1. The lowest BCUT2D eigenvalue weighted by atomic mass is 9.74. The number of hydrogen-bond donors (Lipinski definition) is 1. The Labute approximate surface area is 170 Å². The highest BCUT2D eigenvalue weighted by molar-refractivity contribution is 6.31. The Morgan fingerprint density at radius 3 is 2.68 bits per heavy atom. The van der Waals surface area contributed by atoms with Gasteiger partial charge in [-0.1, -0.05) is 36.7 Å². The molecular weight excluding hydrogens is 366 g/mol.